The van der Waals surface area contributed by atoms with Crippen molar-refractivity contribution in [2.75, 3.05) is 7.11 Å². The minimum absolute atomic E-state index is 0.227. The molecule has 13 heteroatoms. The molecule has 0 spiro atoms. The van der Waals surface area contributed by atoms with Crippen molar-refractivity contribution < 1.29 is 17.9 Å². The van der Waals surface area contributed by atoms with Crippen LogP contribution in [-0.2, 0) is 19.6 Å². The number of alkyl halides is 4. The second-order valence-electron chi connectivity index (χ2n) is 5.05. The van der Waals surface area contributed by atoms with Gasteiger partial charge in [0.15, 0.2) is 0 Å². The normalized spacial score (nSPS) is 25.5. The second kappa shape index (κ2) is 7.41. The van der Waals surface area contributed by atoms with Gasteiger partial charge in [0.2, 0.25) is 30.2 Å². The van der Waals surface area contributed by atoms with Gasteiger partial charge in [0.25, 0.3) is 0 Å². The zero-order valence-corrected chi connectivity index (χ0v) is 18.6. The summed E-state index contributed by atoms with van der Waals surface area (Å²) in [7, 11) is -3.33. The second-order valence-corrected chi connectivity index (χ2v) is 10.6. The smallest absolute Gasteiger partial charge is 0.243 e. The van der Waals surface area contributed by atoms with E-state index in [1.807, 2.05) is 0 Å². The van der Waals surface area contributed by atoms with Crippen LogP contribution in [0.15, 0.2) is 39.2 Å². The molecular formula is C13H8Cl7NO4S. The molecule has 0 aromatic heterocycles. The summed E-state index contributed by atoms with van der Waals surface area (Å²) in [4.78, 5) is 12.0. The zero-order valence-electron chi connectivity index (χ0n) is 12.5. The van der Waals surface area contributed by atoms with Crippen molar-refractivity contribution in [1.29, 1.82) is 0 Å². The third-order valence-electron chi connectivity index (χ3n) is 3.53. The fraction of sp³-hybridized carbons (Fsp3) is 0.308. The number of Topliss-reactive ketones (excluding diaryl/α,β-unsaturated/α-hetero) is 1. The summed E-state index contributed by atoms with van der Waals surface area (Å²) in [5.41, 5.74) is -2.47. The number of ether oxygens (including phenoxy) is 1. The lowest BCUT2D eigenvalue weighted by molar-refractivity contribution is -0.119. The molecule has 1 unspecified atom stereocenters. The SMILES string of the molecule is COC1(NS(=O)(=O)c2ccc(Cl)cc2)C(Cl)=C(Cl)C(=O)C(Cl)(Cl)C1(Cl)Cl. The van der Waals surface area contributed by atoms with Gasteiger partial charge in [0.1, 0.15) is 5.03 Å². The summed E-state index contributed by atoms with van der Waals surface area (Å²) in [5, 5.41) is -1.01. The zero-order chi connectivity index (χ0) is 20.1. The molecule has 1 aromatic carbocycles. The quantitative estimate of drug-likeness (QED) is 0.464. The van der Waals surface area contributed by atoms with Crippen LogP contribution in [0.25, 0.3) is 0 Å². The molecule has 1 atom stereocenters. The van der Waals surface area contributed by atoms with E-state index in [9.17, 15) is 13.2 Å². The molecule has 0 saturated heterocycles. The van der Waals surface area contributed by atoms with Crippen LogP contribution in [0.3, 0.4) is 0 Å². The van der Waals surface area contributed by atoms with Gasteiger partial charge in [-0.2, -0.15) is 4.72 Å². The van der Waals surface area contributed by atoms with Gasteiger partial charge < -0.3 is 4.74 Å². The topological polar surface area (TPSA) is 72.5 Å². The molecule has 1 aromatic rings. The third-order valence-corrected chi connectivity index (χ3v) is 8.54. The average molecular weight is 522 g/mol. The molecule has 0 fully saturated rings. The Hall–Kier alpha value is 0.530. The number of ketones is 1. The number of carbonyl (C=O) groups excluding carboxylic acids is 1. The van der Waals surface area contributed by atoms with Gasteiger partial charge in [-0.1, -0.05) is 81.2 Å². The van der Waals surface area contributed by atoms with Crippen LogP contribution in [0.4, 0.5) is 0 Å². The number of hydrogen-bond acceptors (Lipinski definition) is 4. The first-order valence-electron chi connectivity index (χ1n) is 6.45. The van der Waals surface area contributed by atoms with Crippen LogP contribution in [0.5, 0.6) is 0 Å². The number of halogens is 7. The summed E-state index contributed by atoms with van der Waals surface area (Å²) >= 11 is 42.0. The van der Waals surface area contributed by atoms with Crippen LogP contribution in [0.1, 0.15) is 0 Å². The first-order chi connectivity index (χ1) is 11.7. The molecule has 26 heavy (non-hydrogen) atoms. The van der Waals surface area contributed by atoms with Crippen molar-refractivity contribution in [3.8, 4) is 0 Å². The maximum atomic E-state index is 12.8. The molecule has 0 saturated carbocycles. The van der Waals surface area contributed by atoms with Crippen LogP contribution < -0.4 is 4.72 Å². The van der Waals surface area contributed by atoms with E-state index >= 15 is 0 Å². The Balaban J connectivity index is 2.69. The maximum absolute atomic E-state index is 12.8. The summed E-state index contributed by atoms with van der Waals surface area (Å²) in [6.07, 6.45) is 0. The number of nitrogens with one attached hydrogen (secondary N) is 1. The summed E-state index contributed by atoms with van der Waals surface area (Å²) in [6.45, 7) is 0. The number of hydrogen-bond donors (Lipinski definition) is 1. The van der Waals surface area contributed by atoms with Crippen molar-refractivity contribution in [3.63, 3.8) is 0 Å². The highest BCUT2D eigenvalue weighted by Gasteiger charge is 2.72. The number of methoxy groups -OCH3 is 1. The predicted molar refractivity (Wildman–Crippen MR) is 104 cm³/mol. The average Bonchev–Trinajstić information content (AvgIpc) is 2.56. The highest BCUT2D eigenvalue weighted by molar-refractivity contribution is 7.89. The van der Waals surface area contributed by atoms with Crippen molar-refractivity contribution in [3.05, 3.63) is 39.4 Å². The van der Waals surface area contributed by atoms with Crippen molar-refractivity contribution in [1.82, 2.24) is 4.72 Å². The molecule has 1 aliphatic rings. The molecule has 144 valence electrons. The van der Waals surface area contributed by atoms with E-state index in [1.54, 1.807) is 0 Å². The Morgan fingerprint density at radius 2 is 1.50 bits per heavy atom. The highest BCUT2D eigenvalue weighted by atomic mass is 35.5. The third kappa shape index (κ3) is 3.36. The first-order valence-corrected chi connectivity index (χ1v) is 10.6. The van der Waals surface area contributed by atoms with Gasteiger partial charge in [-0.25, -0.2) is 8.42 Å². The Morgan fingerprint density at radius 3 is 1.96 bits per heavy atom. The molecule has 0 aliphatic heterocycles. The minimum Gasteiger partial charge on any atom is -0.355 e. The molecule has 5 nitrogen and oxygen atoms in total. The fourth-order valence-electron chi connectivity index (χ4n) is 2.12. The van der Waals surface area contributed by atoms with E-state index in [1.165, 1.54) is 24.3 Å². The van der Waals surface area contributed by atoms with Gasteiger partial charge in [-0.05, 0) is 24.3 Å². The Labute approximate surface area is 184 Å². The number of benzene rings is 1. The van der Waals surface area contributed by atoms with Crippen LogP contribution in [0, 0.1) is 0 Å². The van der Waals surface area contributed by atoms with Crippen molar-refractivity contribution in [2.45, 2.75) is 19.3 Å². The summed E-state index contributed by atoms with van der Waals surface area (Å²) in [5.74, 6) is -1.11. The number of carbonyl (C=O) groups is 1. The van der Waals surface area contributed by atoms with E-state index in [0.717, 1.165) is 7.11 Å². The Morgan fingerprint density at radius 1 is 1.00 bits per heavy atom. The standard InChI is InChI=1S/C13H8Cl7NO4S/c1-25-12(21-26(23,24)7-4-2-6(14)3-5-7)9(16)8(15)10(22)11(17,18)13(12,19)20/h2-5,21H,1H3. The van der Waals surface area contributed by atoms with Gasteiger partial charge in [0.05, 0.1) is 9.93 Å². The Bertz CT molecular complexity index is 882. The van der Waals surface area contributed by atoms with Gasteiger partial charge in [-0.3, -0.25) is 4.79 Å². The van der Waals surface area contributed by atoms with Crippen molar-refractivity contribution in [2.24, 2.45) is 0 Å². The predicted octanol–water partition coefficient (Wildman–Crippen LogP) is 4.58. The molecule has 0 amide bonds. The van der Waals surface area contributed by atoms with Crippen LogP contribution >= 0.6 is 81.2 Å². The monoisotopic (exact) mass is 519 g/mol. The van der Waals surface area contributed by atoms with E-state index in [2.05, 4.69) is 4.72 Å². The molecular weight excluding hydrogens is 514 g/mol. The molecule has 2 rings (SSSR count). The van der Waals surface area contributed by atoms with Crippen LogP contribution in [-0.4, -0.2) is 35.7 Å². The van der Waals surface area contributed by atoms with Crippen molar-refractivity contribution >= 4 is 97.0 Å². The van der Waals surface area contributed by atoms with E-state index in [0.29, 0.717) is 5.02 Å². The fourth-order valence-corrected chi connectivity index (χ4v) is 5.63. The number of allylic oxidation sites excluding steroid dienone is 1. The minimum atomic E-state index is -4.35. The Kier molecular flexibility index (Phi) is 6.50. The lowest BCUT2D eigenvalue weighted by Crippen LogP contribution is -2.70. The van der Waals surface area contributed by atoms with Gasteiger partial charge in [-0.15, -0.1) is 0 Å². The van der Waals surface area contributed by atoms with Gasteiger partial charge in [0, 0.05) is 12.1 Å². The van der Waals surface area contributed by atoms with Crippen LogP contribution in [0.2, 0.25) is 5.02 Å². The first kappa shape index (κ1) is 22.8. The molecule has 1 aliphatic carbocycles. The lowest BCUT2D eigenvalue weighted by atomic mass is 9.95. The summed E-state index contributed by atoms with van der Waals surface area (Å²) in [6, 6.07) is 5.10. The van der Waals surface area contributed by atoms with E-state index in [-0.39, 0.29) is 4.90 Å². The van der Waals surface area contributed by atoms with E-state index < -0.39 is 40.3 Å². The lowest BCUT2D eigenvalue weighted by Gasteiger charge is -2.48. The number of sulfonamides is 1. The largest absolute Gasteiger partial charge is 0.355 e. The molecule has 1 N–H and O–H groups in total. The highest BCUT2D eigenvalue weighted by Crippen LogP contribution is 2.59. The van der Waals surface area contributed by atoms with E-state index in [4.69, 9.17) is 85.9 Å². The molecule has 0 radical (unpaired) electrons. The molecule has 0 bridgehead atoms. The number of rotatable bonds is 4. The maximum Gasteiger partial charge on any atom is 0.243 e. The summed E-state index contributed by atoms with van der Waals surface area (Å²) < 4.78 is 27.6. The van der Waals surface area contributed by atoms with Gasteiger partial charge >= 0.3 is 0 Å². The molecule has 0 heterocycles.